The predicted octanol–water partition coefficient (Wildman–Crippen LogP) is 3.00. The van der Waals surface area contributed by atoms with Gasteiger partial charge in [0.15, 0.2) is 0 Å². The molecular formula is C17H19NO5. The number of para-hydroxylation sites is 2. The quantitative estimate of drug-likeness (QED) is 0.750. The third-order valence-corrected chi connectivity index (χ3v) is 2.83. The first-order valence-electron chi connectivity index (χ1n) is 6.93. The lowest BCUT2D eigenvalue weighted by Gasteiger charge is -2.05. The molecule has 0 bridgehead atoms. The summed E-state index contributed by atoms with van der Waals surface area (Å²) in [7, 11) is 1.27. The molecule has 0 aliphatic heterocycles. The Morgan fingerprint density at radius 2 is 1.61 bits per heavy atom. The van der Waals surface area contributed by atoms with Gasteiger partial charge < -0.3 is 20.3 Å². The second kappa shape index (κ2) is 9.09. The number of phenols is 1. The van der Waals surface area contributed by atoms with Gasteiger partial charge in [0.2, 0.25) is 0 Å². The van der Waals surface area contributed by atoms with Crippen LogP contribution in [0.3, 0.4) is 0 Å². The van der Waals surface area contributed by atoms with Crippen molar-refractivity contribution < 1.29 is 24.5 Å². The number of aromatic hydroxyl groups is 1. The molecule has 3 N–H and O–H groups in total. The molecule has 6 heteroatoms. The number of hydrogen-bond donors (Lipinski definition) is 3. The van der Waals surface area contributed by atoms with Crippen LogP contribution in [0.1, 0.15) is 27.6 Å². The van der Waals surface area contributed by atoms with Crippen molar-refractivity contribution in [1.29, 1.82) is 0 Å². The zero-order valence-electron chi connectivity index (χ0n) is 12.9. The van der Waals surface area contributed by atoms with Gasteiger partial charge in [-0.05, 0) is 31.2 Å². The van der Waals surface area contributed by atoms with Gasteiger partial charge in [0.1, 0.15) is 11.3 Å². The van der Waals surface area contributed by atoms with Crippen LogP contribution in [0, 0.1) is 0 Å². The van der Waals surface area contributed by atoms with Crippen LogP contribution < -0.4 is 5.32 Å². The average Bonchev–Trinajstić information content (AvgIpc) is 2.56. The monoisotopic (exact) mass is 317 g/mol. The van der Waals surface area contributed by atoms with E-state index in [2.05, 4.69) is 10.1 Å². The van der Waals surface area contributed by atoms with Gasteiger partial charge in [0, 0.05) is 12.2 Å². The lowest BCUT2D eigenvalue weighted by Crippen LogP contribution is -2.04. The van der Waals surface area contributed by atoms with Crippen molar-refractivity contribution in [3.05, 3.63) is 59.7 Å². The predicted molar refractivity (Wildman–Crippen MR) is 87.0 cm³/mol. The number of rotatable bonds is 4. The number of aromatic carboxylic acids is 1. The zero-order chi connectivity index (χ0) is 17.2. The normalized spacial score (nSPS) is 9.30. The largest absolute Gasteiger partial charge is 0.507 e. The Balaban J connectivity index is 0.000000231. The van der Waals surface area contributed by atoms with E-state index in [0.717, 1.165) is 6.54 Å². The molecule has 0 saturated heterocycles. The summed E-state index contributed by atoms with van der Waals surface area (Å²) >= 11 is 0. The minimum absolute atomic E-state index is 0.0562. The van der Waals surface area contributed by atoms with Gasteiger partial charge in [-0.3, -0.25) is 0 Å². The number of benzene rings is 2. The van der Waals surface area contributed by atoms with Crippen LogP contribution in [0.5, 0.6) is 5.75 Å². The van der Waals surface area contributed by atoms with Crippen LogP contribution in [-0.2, 0) is 4.74 Å². The third kappa shape index (κ3) is 5.35. The van der Waals surface area contributed by atoms with Crippen molar-refractivity contribution in [2.75, 3.05) is 19.0 Å². The number of carboxylic acid groups (broad SMARTS) is 1. The maximum Gasteiger partial charge on any atom is 0.341 e. The van der Waals surface area contributed by atoms with Crippen molar-refractivity contribution in [2.45, 2.75) is 6.92 Å². The smallest absolute Gasteiger partial charge is 0.341 e. The first kappa shape index (κ1) is 18.0. The summed E-state index contributed by atoms with van der Waals surface area (Å²) in [5, 5.41) is 20.8. The Kier molecular flexibility index (Phi) is 7.13. The van der Waals surface area contributed by atoms with Gasteiger partial charge >= 0.3 is 11.9 Å². The molecule has 0 saturated carbocycles. The molecule has 0 radical (unpaired) electrons. The highest BCUT2D eigenvalue weighted by atomic mass is 16.5. The molecule has 0 heterocycles. The minimum Gasteiger partial charge on any atom is -0.507 e. The highest BCUT2D eigenvalue weighted by molar-refractivity contribution is 5.94. The van der Waals surface area contributed by atoms with Crippen LogP contribution in [0.25, 0.3) is 0 Å². The SMILES string of the molecule is CCNc1ccccc1C(=O)O.COC(=O)c1ccccc1O. The summed E-state index contributed by atoms with van der Waals surface area (Å²) in [6.45, 7) is 2.66. The Morgan fingerprint density at radius 1 is 1.04 bits per heavy atom. The number of methoxy groups -OCH3 is 1. The van der Waals surface area contributed by atoms with E-state index in [4.69, 9.17) is 10.2 Å². The maximum atomic E-state index is 10.9. The number of carbonyl (C=O) groups excluding carboxylic acids is 1. The molecule has 6 nitrogen and oxygen atoms in total. The van der Waals surface area contributed by atoms with E-state index in [0.29, 0.717) is 11.3 Å². The topological polar surface area (TPSA) is 95.9 Å². The number of anilines is 1. The molecular weight excluding hydrogens is 298 g/mol. The fraction of sp³-hybridized carbons (Fsp3) is 0.176. The number of phenolic OH excluding ortho intramolecular Hbond substituents is 1. The van der Waals surface area contributed by atoms with E-state index in [1.54, 1.807) is 30.3 Å². The standard InChI is InChI=1S/C9H11NO2.C8H8O3/c1-2-10-8-6-4-3-5-7(8)9(11)12;1-11-8(10)6-4-2-3-5-7(6)9/h3-6,10H,2H2,1H3,(H,11,12);2-5,9H,1H3. The molecule has 0 amide bonds. The highest BCUT2D eigenvalue weighted by Crippen LogP contribution is 2.16. The van der Waals surface area contributed by atoms with Crippen LogP contribution in [-0.4, -0.2) is 35.8 Å². The maximum absolute atomic E-state index is 10.9. The molecule has 0 aliphatic carbocycles. The number of carbonyl (C=O) groups is 2. The number of nitrogens with one attached hydrogen (secondary N) is 1. The van der Waals surface area contributed by atoms with Crippen molar-refractivity contribution in [3.8, 4) is 5.75 Å². The molecule has 0 atom stereocenters. The lowest BCUT2D eigenvalue weighted by molar-refractivity contribution is 0.0596. The third-order valence-electron chi connectivity index (χ3n) is 2.83. The first-order valence-corrected chi connectivity index (χ1v) is 6.93. The van der Waals surface area contributed by atoms with E-state index in [9.17, 15) is 9.59 Å². The summed E-state index contributed by atoms with van der Waals surface area (Å²) in [6.07, 6.45) is 0. The Morgan fingerprint density at radius 3 is 2.13 bits per heavy atom. The summed E-state index contributed by atoms with van der Waals surface area (Å²) in [4.78, 5) is 21.5. The van der Waals surface area contributed by atoms with E-state index in [1.807, 2.05) is 13.0 Å². The molecule has 23 heavy (non-hydrogen) atoms. The fourth-order valence-electron chi connectivity index (χ4n) is 1.77. The van der Waals surface area contributed by atoms with Crippen LogP contribution >= 0.6 is 0 Å². The second-order valence-electron chi connectivity index (χ2n) is 4.39. The van der Waals surface area contributed by atoms with Gasteiger partial charge in [0.25, 0.3) is 0 Å². The van der Waals surface area contributed by atoms with Crippen molar-refractivity contribution >= 4 is 17.6 Å². The summed E-state index contributed by atoms with van der Waals surface area (Å²) in [6, 6.07) is 13.1. The van der Waals surface area contributed by atoms with Gasteiger partial charge in [0.05, 0.1) is 12.7 Å². The van der Waals surface area contributed by atoms with Crippen molar-refractivity contribution in [1.82, 2.24) is 0 Å². The highest BCUT2D eigenvalue weighted by Gasteiger charge is 2.08. The Hall–Kier alpha value is -3.02. The van der Waals surface area contributed by atoms with Gasteiger partial charge in [-0.2, -0.15) is 0 Å². The Labute approximate surface area is 134 Å². The van der Waals surface area contributed by atoms with E-state index in [1.165, 1.54) is 19.2 Å². The first-order chi connectivity index (χ1) is 11.0. The average molecular weight is 317 g/mol. The fourth-order valence-corrected chi connectivity index (χ4v) is 1.77. The van der Waals surface area contributed by atoms with Crippen LogP contribution in [0.15, 0.2) is 48.5 Å². The second-order valence-corrected chi connectivity index (χ2v) is 4.39. The number of ether oxygens (including phenoxy) is 1. The minimum atomic E-state index is -0.897. The number of carboxylic acids is 1. The molecule has 0 aliphatic rings. The van der Waals surface area contributed by atoms with Crippen molar-refractivity contribution in [2.24, 2.45) is 0 Å². The van der Waals surface area contributed by atoms with E-state index < -0.39 is 11.9 Å². The van der Waals surface area contributed by atoms with Crippen LogP contribution in [0.4, 0.5) is 5.69 Å². The molecule has 0 spiro atoms. The summed E-state index contributed by atoms with van der Waals surface area (Å²) in [5.74, 6) is -1.48. The molecule has 0 aromatic heterocycles. The molecule has 2 aromatic carbocycles. The lowest BCUT2D eigenvalue weighted by atomic mass is 10.2. The van der Waals surface area contributed by atoms with E-state index in [-0.39, 0.29) is 11.3 Å². The Bertz CT molecular complexity index is 670. The van der Waals surface area contributed by atoms with E-state index >= 15 is 0 Å². The molecule has 0 fully saturated rings. The van der Waals surface area contributed by atoms with Gasteiger partial charge in [-0.15, -0.1) is 0 Å². The number of esters is 1. The summed E-state index contributed by atoms with van der Waals surface area (Å²) in [5.41, 5.74) is 1.18. The van der Waals surface area contributed by atoms with Gasteiger partial charge in [-0.1, -0.05) is 24.3 Å². The molecule has 0 unspecified atom stereocenters. The molecule has 2 rings (SSSR count). The van der Waals surface area contributed by atoms with Crippen molar-refractivity contribution in [3.63, 3.8) is 0 Å². The molecule has 122 valence electrons. The number of hydrogen-bond acceptors (Lipinski definition) is 5. The zero-order valence-corrected chi connectivity index (χ0v) is 12.9. The van der Waals surface area contributed by atoms with Crippen LogP contribution in [0.2, 0.25) is 0 Å². The molecule has 2 aromatic rings. The summed E-state index contributed by atoms with van der Waals surface area (Å²) < 4.78 is 4.42. The van der Waals surface area contributed by atoms with Gasteiger partial charge in [-0.25, -0.2) is 9.59 Å².